The van der Waals surface area contributed by atoms with Crippen molar-refractivity contribution in [2.24, 2.45) is 0 Å². The predicted octanol–water partition coefficient (Wildman–Crippen LogP) is 1.72. The van der Waals surface area contributed by atoms with Crippen molar-refractivity contribution in [3.05, 3.63) is 18.2 Å². The fourth-order valence-electron chi connectivity index (χ4n) is 1.49. The molecule has 0 fully saturated rings. The van der Waals surface area contributed by atoms with Crippen molar-refractivity contribution >= 4 is 17.4 Å². The van der Waals surface area contributed by atoms with E-state index in [2.05, 4.69) is 5.32 Å². The highest BCUT2D eigenvalue weighted by Gasteiger charge is 2.14. The van der Waals surface area contributed by atoms with Crippen molar-refractivity contribution in [2.75, 3.05) is 12.1 Å². The Hall–Kier alpha value is -2.04. The molecule has 0 radical (unpaired) electrons. The van der Waals surface area contributed by atoms with E-state index in [1.54, 1.807) is 18.2 Å². The molecule has 90 valence electrons. The number of carbonyl (C=O) groups is 2. The zero-order valence-electron chi connectivity index (χ0n) is 9.49. The summed E-state index contributed by atoms with van der Waals surface area (Å²) in [5.41, 5.74) is 0.641. The summed E-state index contributed by atoms with van der Waals surface area (Å²) in [6.45, 7) is 1.67. The predicted molar refractivity (Wildman–Crippen MR) is 61.1 cm³/mol. The maximum absolute atomic E-state index is 11.5. The number of carbonyl (C=O) groups excluding carboxylic acids is 2. The number of rotatable bonds is 4. The Morgan fingerprint density at radius 2 is 2.00 bits per heavy atom. The Morgan fingerprint density at radius 3 is 2.76 bits per heavy atom. The van der Waals surface area contributed by atoms with E-state index >= 15 is 0 Å². The molecule has 5 nitrogen and oxygen atoms in total. The number of anilines is 1. The van der Waals surface area contributed by atoms with E-state index in [9.17, 15) is 9.59 Å². The van der Waals surface area contributed by atoms with Crippen LogP contribution in [0.5, 0.6) is 11.5 Å². The van der Waals surface area contributed by atoms with Crippen molar-refractivity contribution in [3.63, 3.8) is 0 Å². The fraction of sp³-hybridized carbons (Fsp3) is 0.333. The Balaban J connectivity index is 1.95. The maximum atomic E-state index is 11.5. The molecule has 1 aromatic rings. The van der Waals surface area contributed by atoms with Gasteiger partial charge in [0.2, 0.25) is 12.7 Å². The second kappa shape index (κ2) is 4.86. The van der Waals surface area contributed by atoms with E-state index in [4.69, 9.17) is 9.47 Å². The molecule has 1 N–H and O–H groups in total. The molecule has 0 aromatic heterocycles. The molecule has 0 saturated carbocycles. The minimum absolute atomic E-state index is 0.00540. The van der Waals surface area contributed by atoms with Gasteiger partial charge in [-0.15, -0.1) is 0 Å². The second-order valence-electron chi connectivity index (χ2n) is 3.82. The molecule has 0 spiro atoms. The van der Waals surface area contributed by atoms with Gasteiger partial charge in [0.05, 0.1) is 0 Å². The largest absolute Gasteiger partial charge is 0.454 e. The number of amides is 1. The summed E-state index contributed by atoms with van der Waals surface area (Å²) in [7, 11) is 0. The Kier molecular flexibility index (Phi) is 3.27. The van der Waals surface area contributed by atoms with Crippen LogP contribution in [0, 0.1) is 0 Å². The molecule has 0 saturated heterocycles. The molecule has 0 atom stereocenters. The van der Waals surface area contributed by atoms with E-state index < -0.39 is 0 Å². The normalized spacial score (nSPS) is 12.3. The number of Topliss-reactive ketones (excluding diaryl/α,β-unsaturated/α-hetero) is 1. The van der Waals surface area contributed by atoms with Gasteiger partial charge in [-0.3, -0.25) is 4.79 Å². The van der Waals surface area contributed by atoms with Crippen LogP contribution in [0.25, 0.3) is 0 Å². The van der Waals surface area contributed by atoms with E-state index in [0.717, 1.165) is 0 Å². The average molecular weight is 235 g/mol. The molecule has 17 heavy (non-hydrogen) atoms. The summed E-state index contributed by atoms with van der Waals surface area (Å²) in [5.74, 6) is 1.12. The Labute approximate surface area is 98.7 Å². The molecule has 1 aromatic carbocycles. The zero-order valence-corrected chi connectivity index (χ0v) is 9.49. The van der Waals surface area contributed by atoms with Crippen molar-refractivity contribution < 1.29 is 19.1 Å². The lowest BCUT2D eigenvalue weighted by Crippen LogP contribution is -2.12. The number of hydrogen-bond acceptors (Lipinski definition) is 4. The first kappa shape index (κ1) is 11.4. The van der Waals surface area contributed by atoms with Gasteiger partial charge in [-0.25, -0.2) is 0 Å². The monoisotopic (exact) mass is 235 g/mol. The van der Waals surface area contributed by atoms with Crippen molar-refractivity contribution in [1.29, 1.82) is 0 Å². The second-order valence-corrected chi connectivity index (χ2v) is 3.82. The van der Waals surface area contributed by atoms with Crippen LogP contribution >= 0.6 is 0 Å². The first-order valence-electron chi connectivity index (χ1n) is 5.34. The summed E-state index contributed by atoms with van der Waals surface area (Å²) in [4.78, 5) is 22.2. The van der Waals surface area contributed by atoms with Gasteiger partial charge in [0.15, 0.2) is 11.5 Å². The minimum Gasteiger partial charge on any atom is -0.454 e. The quantitative estimate of drug-likeness (QED) is 0.863. The first-order valence-corrected chi connectivity index (χ1v) is 5.34. The van der Waals surface area contributed by atoms with Crippen molar-refractivity contribution in [3.8, 4) is 11.5 Å². The molecular weight excluding hydrogens is 222 g/mol. The SMILES string of the molecule is CC(=O)CCC(=O)Nc1ccc2c(c1)OCO2. The highest BCUT2D eigenvalue weighted by atomic mass is 16.7. The summed E-state index contributed by atoms with van der Waals surface area (Å²) in [6, 6.07) is 5.18. The van der Waals surface area contributed by atoms with E-state index in [1.165, 1.54) is 6.92 Å². The molecule has 5 heteroatoms. The van der Waals surface area contributed by atoms with Gasteiger partial charge in [0.1, 0.15) is 5.78 Å². The Bertz CT molecular complexity index is 456. The van der Waals surface area contributed by atoms with Crippen LogP contribution in [0.4, 0.5) is 5.69 Å². The van der Waals surface area contributed by atoms with Crippen LogP contribution in [0.1, 0.15) is 19.8 Å². The Morgan fingerprint density at radius 1 is 1.24 bits per heavy atom. The van der Waals surface area contributed by atoms with Crippen LogP contribution in [0.2, 0.25) is 0 Å². The van der Waals surface area contributed by atoms with Gasteiger partial charge in [-0.05, 0) is 19.1 Å². The molecule has 0 bridgehead atoms. The lowest BCUT2D eigenvalue weighted by atomic mass is 10.2. The number of fused-ring (bicyclic) bond motifs is 1. The number of ether oxygens (including phenoxy) is 2. The molecule has 1 heterocycles. The lowest BCUT2D eigenvalue weighted by Gasteiger charge is -2.05. The van der Waals surface area contributed by atoms with E-state index in [0.29, 0.717) is 17.2 Å². The van der Waals surface area contributed by atoms with Crippen LogP contribution in [-0.2, 0) is 9.59 Å². The van der Waals surface area contributed by atoms with E-state index in [-0.39, 0.29) is 31.3 Å². The minimum atomic E-state index is -0.181. The topological polar surface area (TPSA) is 64.6 Å². The molecule has 0 aliphatic carbocycles. The third kappa shape index (κ3) is 2.96. The molecule has 1 aliphatic heterocycles. The van der Waals surface area contributed by atoms with Gasteiger partial charge in [0, 0.05) is 24.6 Å². The van der Waals surface area contributed by atoms with Crippen LogP contribution in [0.3, 0.4) is 0 Å². The highest BCUT2D eigenvalue weighted by Crippen LogP contribution is 2.34. The van der Waals surface area contributed by atoms with Crippen LogP contribution in [0.15, 0.2) is 18.2 Å². The summed E-state index contributed by atoms with van der Waals surface area (Å²) in [5, 5.41) is 2.70. The number of benzene rings is 1. The average Bonchev–Trinajstić information content (AvgIpc) is 2.73. The smallest absolute Gasteiger partial charge is 0.231 e. The fourth-order valence-corrected chi connectivity index (χ4v) is 1.49. The van der Waals surface area contributed by atoms with Crippen molar-refractivity contribution in [1.82, 2.24) is 0 Å². The summed E-state index contributed by atoms with van der Waals surface area (Å²) < 4.78 is 10.3. The standard InChI is InChI=1S/C12H13NO4/c1-8(14)2-5-12(15)13-9-3-4-10-11(6-9)17-7-16-10/h3-4,6H,2,5,7H2,1H3,(H,13,15). The molecule has 1 aliphatic rings. The van der Waals surface area contributed by atoms with Gasteiger partial charge < -0.3 is 19.6 Å². The number of hydrogen-bond donors (Lipinski definition) is 1. The van der Waals surface area contributed by atoms with Crippen LogP contribution < -0.4 is 14.8 Å². The third-order valence-corrected chi connectivity index (χ3v) is 2.36. The van der Waals surface area contributed by atoms with Crippen LogP contribution in [-0.4, -0.2) is 18.5 Å². The maximum Gasteiger partial charge on any atom is 0.231 e. The van der Waals surface area contributed by atoms with Gasteiger partial charge in [-0.2, -0.15) is 0 Å². The summed E-state index contributed by atoms with van der Waals surface area (Å²) in [6.07, 6.45) is 0.458. The van der Waals surface area contributed by atoms with E-state index in [1.807, 2.05) is 0 Å². The molecule has 0 unspecified atom stereocenters. The van der Waals surface area contributed by atoms with Gasteiger partial charge in [-0.1, -0.05) is 0 Å². The lowest BCUT2D eigenvalue weighted by molar-refractivity contribution is -0.121. The van der Waals surface area contributed by atoms with Crippen molar-refractivity contribution in [2.45, 2.75) is 19.8 Å². The zero-order chi connectivity index (χ0) is 12.3. The number of ketones is 1. The van der Waals surface area contributed by atoms with Gasteiger partial charge in [0.25, 0.3) is 0 Å². The molecular formula is C12H13NO4. The third-order valence-electron chi connectivity index (χ3n) is 2.36. The highest BCUT2D eigenvalue weighted by molar-refractivity contribution is 5.93. The molecule has 2 rings (SSSR count). The molecule has 1 amide bonds. The van der Waals surface area contributed by atoms with Gasteiger partial charge >= 0.3 is 0 Å². The first-order chi connectivity index (χ1) is 8.15. The summed E-state index contributed by atoms with van der Waals surface area (Å²) >= 11 is 0. The number of nitrogens with one attached hydrogen (secondary N) is 1.